The van der Waals surface area contributed by atoms with E-state index in [4.69, 9.17) is 11.6 Å². The van der Waals surface area contributed by atoms with Gasteiger partial charge in [-0.1, -0.05) is 11.6 Å². The minimum absolute atomic E-state index is 0.523. The number of rotatable bonds is 2. The second-order valence-electron chi connectivity index (χ2n) is 4.99. The summed E-state index contributed by atoms with van der Waals surface area (Å²) in [6, 6.07) is 2.64. The molecule has 2 fully saturated rings. The SMILES string of the molecule is CC(c1csc(Cl)c1)N1CC2CNCC2C1. The van der Waals surface area contributed by atoms with E-state index in [1.54, 1.807) is 11.3 Å². The molecule has 2 saturated heterocycles. The molecule has 2 aliphatic heterocycles. The summed E-state index contributed by atoms with van der Waals surface area (Å²) in [7, 11) is 0. The second kappa shape index (κ2) is 4.30. The highest BCUT2D eigenvalue weighted by molar-refractivity contribution is 7.14. The zero-order chi connectivity index (χ0) is 11.1. The quantitative estimate of drug-likeness (QED) is 0.875. The number of fused-ring (bicyclic) bond motifs is 1. The maximum Gasteiger partial charge on any atom is 0.0931 e. The van der Waals surface area contributed by atoms with Crippen molar-refractivity contribution in [3.05, 3.63) is 21.3 Å². The lowest BCUT2D eigenvalue weighted by molar-refractivity contribution is 0.244. The predicted molar refractivity (Wildman–Crippen MR) is 69.2 cm³/mol. The van der Waals surface area contributed by atoms with Gasteiger partial charge in [-0.2, -0.15) is 0 Å². The van der Waals surface area contributed by atoms with Crippen LogP contribution < -0.4 is 5.32 Å². The fraction of sp³-hybridized carbons (Fsp3) is 0.667. The highest BCUT2D eigenvalue weighted by atomic mass is 35.5. The first kappa shape index (κ1) is 11.0. The molecule has 1 aromatic heterocycles. The Morgan fingerprint density at radius 3 is 2.69 bits per heavy atom. The molecular formula is C12H17ClN2S. The number of thiophene rings is 1. The molecule has 4 heteroatoms. The van der Waals surface area contributed by atoms with Crippen molar-refractivity contribution in [3.63, 3.8) is 0 Å². The average Bonchev–Trinajstić information content (AvgIpc) is 2.89. The zero-order valence-corrected chi connectivity index (χ0v) is 11.0. The third-order valence-corrected chi connectivity index (χ3v) is 5.15. The third kappa shape index (κ3) is 1.90. The van der Waals surface area contributed by atoms with Crippen LogP contribution in [0.4, 0.5) is 0 Å². The van der Waals surface area contributed by atoms with E-state index in [0.717, 1.165) is 16.2 Å². The van der Waals surface area contributed by atoms with Gasteiger partial charge in [0.15, 0.2) is 0 Å². The molecule has 0 radical (unpaired) electrons. The minimum Gasteiger partial charge on any atom is -0.316 e. The molecule has 2 aliphatic rings. The molecule has 1 N–H and O–H groups in total. The lowest BCUT2D eigenvalue weighted by Gasteiger charge is -2.24. The van der Waals surface area contributed by atoms with Gasteiger partial charge in [0.25, 0.3) is 0 Å². The van der Waals surface area contributed by atoms with Gasteiger partial charge < -0.3 is 5.32 Å². The fourth-order valence-corrected chi connectivity index (χ4v) is 3.94. The molecule has 0 aromatic carbocycles. The molecule has 0 aliphatic carbocycles. The Hall–Kier alpha value is -0.0900. The average molecular weight is 257 g/mol. The molecule has 88 valence electrons. The minimum atomic E-state index is 0.523. The molecule has 0 bridgehead atoms. The van der Waals surface area contributed by atoms with E-state index in [0.29, 0.717) is 6.04 Å². The van der Waals surface area contributed by atoms with Crippen molar-refractivity contribution >= 4 is 22.9 Å². The standard InChI is InChI=1S/C12H17ClN2S/c1-8(9-2-12(13)16-7-9)15-5-10-3-14-4-11(10)6-15/h2,7-8,10-11,14H,3-6H2,1H3. The summed E-state index contributed by atoms with van der Waals surface area (Å²) in [5.41, 5.74) is 1.38. The Kier molecular flexibility index (Phi) is 2.96. The van der Waals surface area contributed by atoms with Crippen LogP contribution in [0, 0.1) is 11.8 Å². The second-order valence-corrected chi connectivity index (χ2v) is 6.53. The Balaban J connectivity index is 1.70. The Morgan fingerprint density at radius 1 is 1.44 bits per heavy atom. The van der Waals surface area contributed by atoms with Crippen molar-refractivity contribution in [2.75, 3.05) is 26.2 Å². The Labute approximate surface area is 106 Å². The van der Waals surface area contributed by atoms with Gasteiger partial charge in [-0.15, -0.1) is 11.3 Å². The maximum absolute atomic E-state index is 6.00. The molecule has 16 heavy (non-hydrogen) atoms. The van der Waals surface area contributed by atoms with Crippen molar-refractivity contribution in [2.24, 2.45) is 11.8 Å². The van der Waals surface area contributed by atoms with Crippen LogP contribution in [0.3, 0.4) is 0 Å². The van der Waals surface area contributed by atoms with Crippen LogP contribution in [-0.4, -0.2) is 31.1 Å². The number of likely N-dealkylation sites (tertiary alicyclic amines) is 1. The van der Waals surface area contributed by atoms with Crippen molar-refractivity contribution < 1.29 is 0 Å². The Bertz CT molecular complexity index is 367. The normalized spacial score (nSPS) is 31.9. The summed E-state index contributed by atoms with van der Waals surface area (Å²) < 4.78 is 0.905. The molecule has 0 spiro atoms. The summed E-state index contributed by atoms with van der Waals surface area (Å²) >= 11 is 7.64. The summed E-state index contributed by atoms with van der Waals surface area (Å²) in [4.78, 5) is 2.61. The summed E-state index contributed by atoms with van der Waals surface area (Å²) in [5.74, 6) is 1.74. The summed E-state index contributed by atoms with van der Waals surface area (Å²) in [6.07, 6.45) is 0. The number of hydrogen-bond donors (Lipinski definition) is 1. The van der Waals surface area contributed by atoms with Gasteiger partial charge in [0.1, 0.15) is 0 Å². The fourth-order valence-electron chi connectivity index (χ4n) is 2.96. The number of nitrogens with zero attached hydrogens (tertiary/aromatic N) is 1. The van der Waals surface area contributed by atoms with Crippen LogP contribution in [0.5, 0.6) is 0 Å². The van der Waals surface area contributed by atoms with Crippen molar-refractivity contribution in [1.29, 1.82) is 0 Å². The number of halogens is 1. The van der Waals surface area contributed by atoms with Crippen LogP contribution in [-0.2, 0) is 0 Å². The lowest BCUT2D eigenvalue weighted by atomic mass is 10.0. The smallest absolute Gasteiger partial charge is 0.0931 e. The van der Waals surface area contributed by atoms with E-state index in [9.17, 15) is 0 Å². The van der Waals surface area contributed by atoms with E-state index in [-0.39, 0.29) is 0 Å². The largest absolute Gasteiger partial charge is 0.316 e. The molecule has 3 unspecified atom stereocenters. The first-order valence-corrected chi connectivity index (χ1v) is 7.18. The zero-order valence-electron chi connectivity index (χ0n) is 9.45. The molecular weight excluding hydrogens is 240 g/mol. The van der Waals surface area contributed by atoms with Crippen LogP contribution in [0.1, 0.15) is 18.5 Å². The highest BCUT2D eigenvalue weighted by Crippen LogP contribution is 2.34. The van der Waals surface area contributed by atoms with Crippen molar-refractivity contribution in [2.45, 2.75) is 13.0 Å². The van der Waals surface area contributed by atoms with Crippen molar-refractivity contribution in [3.8, 4) is 0 Å². The highest BCUT2D eigenvalue weighted by Gasteiger charge is 2.37. The molecule has 3 rings (SSSR count). The molecule has 2 nitrogen and oxygen atoms in total. The van der Waals surface area contributed by atoms with Gasteiger partial charge >= 0.3 is 0 Å². The summed E-state index contributed by atoms with van der Waals surface area (Å²) in [6.45, 7) is 7.20. The van der Waals surface area contributed by atoms with Gasteiger partial charge in [0.2, 0.25) is 0 Å². The Morgan fingerprint density at radius 2 is 2.12 bits per heavy atom. The first-order chi connectivity index (χ1) is 7.74. The van der Waals surface area contributed by atoms with Crippen molar-refractivity contribution in [1.82, 2.24) is 10.2 Å². The molecule has 3 heterocycles. The van der Waals surface area contributed by atoms with E-state index >= 15 is 0 Å². The number of hydrogen-bond acceptors (Lipinski definition) is 3. The third-order valence-electron chi connectivity index (χ3n) is 4.04. The summed E-state index contributed by atoms with van der Waals surface area (Å²) in [5, 5.41) is 5.68. The van der Waals surface area contributed by atoms with Gasteiger partial charge in [0, 0.05) is 19.1 Å². The van der Waals surface area contributed by atoms with Gasteiger partial charge in [-0.05, 0) is 48.9 Å². The van der Waals surface area contributed by atoms with Crippen LogP contribution >= 0.6 is 22.9 Å². The maximum atomic E-state index is 6.00. The van der Waals surface area contributed by atoms with Crippen LogP contribution in [0.2, 0.25) is 4.34 Å². The van der Waals surface area contributed by atoms with Crippen LogP contribution in [0.15, 0.2) is 11.4 Å². The molecule has 1 aromatic rings. The van der Waals surface area contributed by atoms with Gasteiger partial charge in [-0.3, -0.25) is 4.90 Å². The van der Waals surface area contributed by atoms with E-state index in [2.05, 4.69) is 28.6 Å². The predicted octanol–water partition coefficient (Wildman–Crippen LogP) is 2.61. The molecule has 0 amide bonds. The molecule has 0 saturated carbocycles. The van der Waals surface area contributed by atoms with Crippen LogP contribution in [0.25, 0.3) is 0 Å². The monoisotopic (exact) mass is 256 g/mol. The van der Waals surface area contributed by atoms with Gasteiger partial charge in [-0.25, -0.2) is 0 Å². The first-order valence-electron chi connectivity index (χ1n) is 5.92. The van der Waals surface area contributed by atoms with E-state index < -0.39 is 0 Å². The van der Waals surface area contributed by atoms with E-state index in [1.165, 1.54) is 31.7 Å². The molecule has 3 atom stereocenters. The van der Waals surface area contributed by atoms with E-state index in [1.807, 2.05) is 0 Å². The number of nitrogens with one attached hydrogen (secondary N) is 1. The van der Waals surface area contributed by atoms with Gasteiger partial charge in [0.05, 0.1) is 4.34 Å². The topological polar surface area (TPSA) is 15.3 Å². The lowest BCUT2D eigenvalue weighted by Crippen LogP contribution is -2.28.